The lowest BCUT2D eigenvalue weighted by Gasteiger charge is -2.38. The minimum atomic E-state index is -0.282. The van der Waals surface area contributed by atoms with E-state index >= 15 is 0 Å². The van der Waals surface area contributed by atoms with Gasteiger partial charge in [-0.05, 0) is 66.2 Å². The topological polar surface area (TPSA) is 108 Å². The number of amides is 2. The van der Waals surface area contributed by atoms with Crippen molar-refractivity contribution in [3.8, 4) is 0 Å². The molecule has 0 radical (unpaired) electrons. The van der Waals surface area contributed by atoms with E-state index in [0.29, 0.717) is 43.6 Å². The van der Waals surface area contributed by atoms with Crippen molar-refractivity contribution < 1.29 is 42.6 Å². The third kappa shape index (κ3) is 20.5. The molecule has 1 aliphatic rings. The van der Waals surface area contributed by atoms with Crippen molar-refractivity contribution in [3.05, 3.63) is 0 Å². The molecular weight excluding hydrogens is 612 g/mol. The molecule has 1 saturated heterocycles. The molecule has 2 amide bonds. The van der Waals surface area contributed by atoms with E-state index < -0.39 is 0 Å². The number of ether oxygens (including phenoxy) is 4. The molecule has 1 heterocycles. The molecule has 0 aliphatic carbocycles. The summed E-state index contributed by atoms with van der Waals surface area (Å²) in [7, 11) is 1.81. The summed E-state index contributed by atoms with van der Waals surface area (Å²) in [6.45, 7) is 11.1. The molecule has 0 aromatic carbocycles. The Morgan fingerprint density at radius 1 is 0.646 bits per heavy atom. The van der Waals surface area contributed by atoms with Crippen LogP contribution in [-0.2, 0) is 38.1 Å². The van der Waals surface area contributed by atoms with Crippen molar-refractivity contribution >= 4 is 23.8 Å². The molecule has 280 valence electrons. The first-order chi connectivity index (χ1) is 23.1. The van der Waals surface area contributed by atoms with E-state index in [1.807, 2.05) is 34.7 Å². The summed E-state index contributed by atoms with van der Waals surface area (Å²) >= 11 is 0. The van der Waals surface area contributed by atoms with Crippen molar-refractivity contribution in [3.63, 3.8) is 0 Å². The quantitative estimate of drug-likeness (QED) is 0.0567. The van der Waals surface area contributed by atoms with Gasteiger partial charge in [0.1, 0.15) is 13.2 Å². The van der Waals surface area contributed by atoms with Crippen LogP contribution in [0.4, 0.5) is 0 Å². The molecule has 0 bridgehead atoms. The Bertz CT molecular complexity index is 885. The third-order valence-corrected chi connectivity index (χ3v) is 9.71. The largest absolute Gasteiger partial charge is 0.466 e. The summed E-state index contributed by atoms with van der Waals surface area (Å²) in [5, 5.41) is 0. The fraction of sp³-hybridized carbons (Fsp3) is 0.895. The lowest BCUT2D eigenvalue weighted by molar-refractivity contribution is -0.855. The van der Waals surface area contributed by atoms with Gasteiger partial charge in [-0.25, -0.2) is 4.79 Å². The molecule has 10 heteroatoms. The molecule has 0 aromatic rings. The zero-order valence-corrected chi connectivity index (χ0v) is 31.4. The van der Waals surface area contributed by atoms with Gasteiger partial charge in [-0.15, -0.1) is 0 Å². The Hall–Kier alpha value is -2.04. The van der Waals surface area contributed by atoms with Crippen LogP contribution in [-0.4, -0.2) is 105 Å². The Kier molecular flexibility index (Phi) is 25.4. The maximum Gasteiger partial charge on any atom is 0.339 e. The Morgan fingerprint density at radius 2 is 1.02 bits per heavy atom. The molecule has 0 N–H and O–H groups in total. The number of quaternary nitrogens is 1. The molecule has 1 fully saturated rings. The van der Waals surface area contributed by atoms with E-state index in [9.17, 15) is 19.2 Å². The smallest absolute Gasteiger partial charge is 0.339 e. The molecule has 0 spiro atoms. The van der Waals surface area contributed by atoms with E-state index in [-0.39, 0.29) is 49.2 Å². The normalized spacial score (nSPS) is 21.1. The first-order valence-corrected chi connectivity index (χ1v) is 19.3. The maximum absolute atomic E-state index is 14.0. The summed E-state index contributed by atoms with van der Waals surface area (Å²) in [5.74, 6) is -0.143. The molecule has 0 aromatic heterocycles. The minimum absolute atomic E-state index is 0.0214. The average Bonchev–Trinajstić information content (AvgIpc) is 3.07. The van der Waals surface area contributed by atoms with Gasteiger partial charge < -0.3 is 23.8 Å². The number of carbonyl (C=O) groups excluding carboxylic acids is 4. The second kappa shape index (κ2) is 27.7. The summed E-state index contributed by atoms with van der Waals surface area (Å²) in [5.41, 5.74) is 0. The molecule has 48 heavy (non-hydrogen) atoms. The van der Waals surface area contributed by atoms with Crippen LogP contribution in [0.25, 0.3) is 0 Å². The lowest BCUT2D eigenvalue weighted by Crippen LogP contribution is -2.59. The minimum Gasteiger partial charge on any atom is -0.466 e. The maximum atomic E-state index is 14.0. The highest BCUT2D eigenvalue weighted by molar-refractivity contribution is 5.77. The monoisotopic (exact) mass is 684 g/mol. The fourth-order valence-electron chi connectivity index (χ4n) is 6.23. The van der Waals surface area contributed by atoms with Crippen LogP contribution in [0.3, 0.4) is 0 Å². The van der Waals surface area contributed by atoms with Crippen LogP contribution in [0.5, 0.6) is 0 Å². The molecular formula is C38H71N2O8+. The van der Waals surface area contributed by atoms with Crippen LogP contribution in [0.2, 0.25) is 0 Å². The molecule has 1 rings (SSSR count). The predicted octanol–water partition coefficient (Wildman–Crippen LogP) is 7.15. The van der Waals surface area contributed by atoms with Gasteiger partial charge in [0, 0.05) is 19.9 Å². The summed E-state index contributed by atoms with van der Waals surface area (Å²) in [6.07, 6.45) is 19.0. The second-order valence-electron chi connectivity index (χ2n) is 13.7. The van der Waals surface area contributed by atoms with E-state index in [0.717, 1.165) is 103 Å². The van der Waals surface area contributed by atoms with Gasteiger partial charge in [0.15, 0.2) is 6.61 Å². The van der Waals surface area contributed by atoms with E-state index in [1.54, 1.807) is 4.90 Å². The van der Waals surface area contributed by atoms with Crippen molar-refractivity contribution in [2.24, 2.45) is 0 Å². The number of unbranched alkanes of at least 4 members (excludes halogenated alkanes) is 15. The van der Waals surface area contributed by atoms with Gasteiger partial charge in [0.2, 0.25) is 5.91 Å². The van der Waals surface area contributed by atoms with Crippen LogP contribution < -0.4 is 0 Å². The third-order valence-electron chi connectivity index (χ3n) is 9.71. The second-order valence-corrected chi connectivity index (χ2v) is 13.7. The zero-order valence-electron chi connectivity index (χ0n) is 31.4. The van der Waals surface area contributed by atoms with E-state index in [4.69, 9.17) is 18.9 Å². The van der Waals surface area contributed by atoms with Crippen molar-refractivity contribution in [1.82, 2.24) is 4.90 Å². The van der Waals surface area contributed by atoms with Crippen LogP contribution in [0.1, 0.15) is 150 Å². The van der Waals surface area contributed by atoms with Gasteiger partial charge in [-0.1, -0.05) is 70.6 Å². The van der Waals surface area contributed by atoms with Crippen LogP contribution in [0, 0.1) is 0 Å². The van der Waals surface area contributed by atoms with Crippen LogP contribution in [0.15, 0.2) is 0 Å². The number of carbonyl (C=O) groups is 4. The highest BCUT2D eigenvalue weighted by Crippen LogP contribution is 2.20. The van der Waals surface area contributed by atoms with Gasteiger partial charge in [-0.2, -0.15) is 0 Å². The highest BCUT2D eigenvalue weighted by Gasteiger charge is 2.37. The highest BCUT2D eigenvalue weighted by atomic mass is 16.5. The van der Waals surface area contributed by atoms with Gasteiger partial charge in [-0.3, -0.25) is 18.9 Å². The first-order valence-electron chi connectivity index (χ1n) is 19.3. The Morgan fingerprint density at radius 3 is 1.44 bits per heavy atom. The number of hydrogen-bond donors (Lipinski definition) is 0. The lowest BCUT2D eigenvalue weighted by atomic mass is 10.0. The molecule has 3 unspecified atom stereocenters. The van der Waals surface area contributed by atoms with Gasteiger partial charge in [0.25, 0.3) is 0 Å². The van der Waals surface area contributed by atoms with Gasteiger partial charge in [0.05, 0.1) is 45.1 Å². The number of nitrogens with zero attached hydrogens (tertiary/aromatic N) is 2. The number of hydrogen-bond acceptors (Lipinski definition) is 8. The molecule has 3 atom stereocenters. The summed E-state index contributed by atoms with van der Waals surface area (Å²) in [6, 6.07) is 0. The fourth-order valence-corrected chi connectivity index (χ4v) is 6.23. The molecule has 1 aliphatic heterocycles. The SMILES string of the molecule is CCOC(=O)CCCCCCCCCCC[N+]1(CCCCCCCCCCC(=O)OCC)CCN(C)C(=O)COC(C)C(C)OCC1=O. The molecule has 10 nitrogen and oxygen atoms in total. The van der Waals surface area contributed by atoms with Crippen molar-refractivity contribution in [2.75, 3.05) is 59.7 Å². The van der Waals surface area contributed by atoms with Crippen LogP contribution >= 0.6 is 0 Å². The van der Waals surface area contributed by atoms with Crippen molar-refractivity contribution in [2.45, 2.75) is 162 Å². The Labute approximate surface area is 292 Å². The standard InChI is InChI=1S/C38H71N2O8/c1-6-45-37(43)25-21-17-13-9-8-11-15-19-23-28-40(29-24-20-16-12-10-14-18-22-26-38(44)46-7-2)30-27-39(5)35(41)31-47-33(3)34(4)48-32-36(40)42/h33-34H,6-32H2,1-5H3/q+1. The summed E-state index contributed by atoms with van der Waals surface area (Å²) in [4.78, 5) is 51.4. The number of esters is 2. The number of likely N-dealkylation sites (N-methyl/N-ethyl adjacent to an activating group) is 1. The van der Waals surface area contributed by atoms with Gasteiger partial charge >= 0.3 is 17.8 Å². The summed E-state index contributed by atoms with van der Waals surface area (Å²) < 4.78 is 22.1. The average molecular weight is 684 g/mol. The molecule has 0 saturated carbocycles. The van der Waals surface area contributed by atoms with E-state index in [2.05, 4.69) is 0 Å². The first kappa shape index (κ1) is 44.0. The number of rotatable bonds is 25. The zero-order chi connectivity index (χ0) is 35.5. The predicted molar refractivity (Wildman–Crippen MR) is 189 cm³/mol. The van der Waals surface area contributed by atoms with E-state index in [1.165, 1.54) is 19.3 Å². The Balaban J connectivity index is 2.61. The van der Waals surface area contributed by atoms with Crippen molar-refractivity contribution in [1.29, 1.82) is 0 Å².